The first-order valence-corrected chi connectivity index (χ1v) is 7.91. The van der Waals surface area contributed by atoms with E-state index in [9.17, 15) is 5.11 Å². The Morgan fingerprint density at radius 3 is 2.72 bits per heavy atom. The van der Waals surface area contributed by atoms with Crippen LogP contribution < -0.4 is 5.32 Å². The van der Waals surface area contributed by atoms with Crippen LogP contribution in [-0.4, -0.2) is 48.3 Å². The Morgan fingerprint density at radius 1 is 1.06 bits per heavy atom. The summed E-state index contributed by atoms with van der Waals surface area (Å²) in [5.74, 6) is 1.91. The average molecular weight is 252 g/mol. The van der Waals surface area contributed by atoms with Crippen LogP contribution in [0.25, 0.3) is 0 Å². The van der Waals surface area contributed by atoms with Crippen molar-refractivity contribution in [2.45, 2.75) is 50.5 Å². The van der Waals surface area contributed by atoms with Gasteiger partial charge in [-0.3, -0.25) is 4.90 Å². The zero-order valence-corrected chi connectivity index (χ0v) is 11.5. The van der Waals surface area contributed by atoms with Gasteiger partial charge in [-0.15, -0.1) is 0 Å². The highest BCUT2D eigenvalue weighted by Gasteiger charge is 2.44. The summed E-state index contributed by atoms with van der Waals surface area (Å²) in [6.45, 7) is 4.90. The predicted octanol–water partition coefficient (Wildman–Crippen LogP) is 1.61. The summed E-state index contributed by atoms with van der Waals surface area (Å²) in [5, 5.41) is 13.5. The van der Waals surface area contributed by atoms with Crippen LogP contribution >= 0.6 is 0 Å². The molecule has 2 saturated carbocycles. The normalized spacial score (nSPS) is 39.5. The van der Waals surface area contributed by atoms with E-state index in [-0.39, 0.29) is 5.54 Å². The van der Waals surface area contributed by atoms with Gasteiger partial charge in [-0.25, -0.2) is 0 Å². The van der Waals surface area contributed by atoms with E-state index in [1.165, 1.54) is 51.5 Å². The first-order valence-electron chi connectivity index (χ1n) is 7.91. The summed E-state index contributed by atoms with van der Waals surface area (Å²) in [4.78, 5) is 2.61. The third-order valence-corrected chi connectivity index (χ3v) is 5.45. The molecule has 0 radical (unpaired) electrons. The number of hydrogen-bond acceptors (Lipinski definition) is 3. The predicted molar refractivity (Wildman–Crippen MR) is 73.6 cm³/mol. The van der Waals surface area contributed by atoms with Gasteiger partial charge in [-0.05, 0) is 50.5 Å². The highest BCUT2D eigenvalue weighted by molar-refractivity contribution is 4.99. The zero-order chi connectivity index (χ0) is 12.4. The van der Waals surface area contributed by atoms with E-state index in [1.54, 1.807) is 0 Å². The molecule has 2 N–H and O–H groups in total. The molecule has 3 aliphatic rings. The first-order chi connectivity index (χ1) is 8.84. The Morgan fingerprint density at radius 2 is 1.94 bits per heavy atom. The molecular weight excluding hydrogens is 224 g/mol. The fourth-order valence-corrected chi connectivity index (χ4v) is 4.21. The molecule has 0 aromatic heterocycles. The van der Waals surface area contributed by atoms with Crippen LogP contribution in [0.15, 0.2) is 0 Å². The van der Waals surface area contributed by atoms with Crippen molar-refractivity contribution < 1.29 is 5.11 Å². The van der Waals surface area contributed by atoms with Gasteiger partial charge in [0.15, 0.2) is 0 Å². The van der Waals surface area contributed by atoms with Crippen LogP contribution in [-0.2, 0) is 0 Å². The van der Waals surface area contributed by atoms with Crippen molar-refractivity contribution in [3.63, 3.8) is 0 Å². The molecule has 0 bridgehead atoms. The van der Waals surface area contributed by atoms with Crippen molar-refractivity contribution in [2.75, 3.05) is 32.8 Å². The number of nitrogens with zero attached hydrogens (tertiary/aromatic N) is 1. The van der Waals surface area contributed by atoms with Gasteiger partial charge in [0, 0.05) is 25.2 Å². The van der Waals surface area contributed by atoms with Crippen LogP contribution in [0.2, 0.25) is 0 Å². The fraction of sp³-hybridized carbons (Fsp3) is 1.00. The second-order valence-electron chi connectivity index (χ2n) is 6.67. The van der Waals surface area contributed by atoms with E-state index < -0.39 is 0 Å². The lowest BCUT2D eigenvalue weighted by Crippen LogP contribution is -2.55. The molecule has 3 nitrogen and oxygen atoms in total. The van der Waals surface area contributed by atoms with Crippen LogP contribution in [0.3, 0.4) is 0 Å². The van der Waals surface area contributed by atoms with Gasteiger partial charge in [0.05, 0.1) is 6.61 Å². The van der Waals surface area contributed by atoms with Gasteiger partial charge in [-0.2, -0.15) is 0 Å². The molecule has 104 valence electrons. The molecule has 2 unspecified atom stereocenters. The van der Waals surface area contributed by atoms with Gasteiger partial charge in [0.2, 0.25) is 0 Å². The number of aliphatic hydroxyl groups excluding tert-OH is 1. The molecule has 0 aromatic carbocycles. The second kappa shape index (κ2) is 5.48. The Kier molecular flexibility index (Phi) is 3.92. The molecular formula is C15H28N2O. The maximum Gasteiger partial charge on any atom is 0.0615 e. The summed E-state index contributed by atoms with van der Waals surface area (Å²) < 4.78 is 0. The minimum absolute atomic E-state index is 0.123. The van der Waals surface area contributed by atoms with Crippen molar-refractivity contribution in [3.05, 3.63) is 0 Å². The Labute approximate surface area is 111 Å². The Balaban J connectivity index is 1.70. The Hall–Kier alpha value is -0.120. The summed E-state index contributed by atoms with van der Waals surface area (Å²) in [6, 6.07) is 0. The summed E-state index contributed by atoms with van der Waals surface area (Å²) in [5.41, 5.74) is 0.123. The standard InChI is InChI=1S/C15H28N2O/c18-12-15(17-9-2-7-16-8-10-17)6-1-3-14(11-15)13-4-5-13/h13-14,16,18H,1-12H2. The van der Waals surface area contributed by atoms with Crippen LogP contribution in [0, 0.1) is 11.8 Å². The van der Waals surface area contributed by atoms with Gasteiger partial charge in [-0.1, -0.05) is 12.8 Å². The maximum atomic E-state index is 10.0. The number of nitrogens with one attached hydrogen (secondary N) is 1. The highest BCUT2D eigenvalue weighted by Crippen LogP contribution is 2.48. The SMILES string of the molecule is OCC1(N2CCCNCC2)CCCC(C2CC2)C1. The van der Waals surface area contributed by atoms with Gasteiger partial charge in [0.1, 0.15) is 0 Å². The van der Waals surface area contributed by atoms with Crippen molar-refractivity contribution in [2.24, 2.45) is 11.8 Å². The molecule has 18 heavy (non-hydrogen) atoms. The van der Waals surface area contributed by atoms with E-state index in [0.29, 0.717) is 6.61 Å². The minimum atomic E-state index is 0.123. The quantitative estimate of drug-likeness (QED) is 0.801. The minimum Gasteiger partial charge on any atom is -0.394 e. The number of hydrogen-bond donors (Lipinski definition) is 2. The second-order valence-corrected chi connectivity index (χ2v) is 6.67. The molecule has 1 aliphatic heterocycles. The van der Waals surface area contributed by atoms with E-state index in [0.717, 1.165) is 31.5 Å². The van der Waals surface area contributed by atoms with Crippen molar-refractivity contribution >= 4 is 0 Å². The van der Waals surface area contributed by atoms with Crippen LogP contribution in [0.1, 0.15) is 44.9 Å². The maximum absolute atomic E-state index is 10.0. The summed E-state index contributed by atoms with van der Waals surface area (Å²) >= 11 is 0. The molecule has 0 spiro atoms. The van der Waals surface area contributed by atoms with E-state index >= 15 is 0 Å². The van der Waals surface area contributed by atoms with Crippen molar-refractivity contribution in [3.8, 4) is 0 Å². The Bertz CT molecular complexity index is 272. The van der Waals surface area contributed by atoms with Crippen molar-refractivity contribution in [1.29, 1.82) is 0 Å². The molecule has 3 fully saturated rings. The molecule has 2 aliphatic carbocycles. The molecule has 0 amide bonds. The zero-order valence-electron chi connectivity index (χ0n) is 11.5. The fourth-order valence-electron chi connectivity index (χ4n) is 4.21. The van der Waals surface area contributed by atoms with E-state index in [4.69, 9.17) is 0 Å². The average Bonchev–Trinajstić information content (AvgIpc) is 3.25. The molecule has 1 saturated heterocycles. The lowest BCUT2D eigenvalue weighted by molar-refractivity contribution is -0.0151. The van der Waals surface area contributed by atoms with Gasteiger partial charge in [0.25, 0.3) is 0 Å². The number of rotatable bonds is 3. The lowest BCUT2D eigenvalue weighted by atomic mass is 9.73. The third-order valence-electron chi connectivity index (χ3n) is 5.45. The van der Waals surface area contributed by atoms with Gasteiger partial charge < -0.3 is 10.4 Å². The molecule has 3 rings (SSSR count). The smallest absolute Gasteiger partial charge is 0.0615 e. The molecule has 3 heteroatoms. The van der Waals surface area contributed by atoms with E-state index in [2.05, 4.69) is 10.2 Å². The van der Waals surface area contributed by atoms with Crippen LogP contribution in [0.4, 0.5) is 0 Å². The molecule has 2 atom stereocenters. The van der Waals surface area contributed by atoms with Crippen molar-refractivity contribution in [1.82, 2.24) is 10.2 Å². The third kappa shape index (κ3) is 2.59. The molecule has 1 heterocycles. The summed E-state index contributed by atoms with van der Waals surface area (Å²) in [7, 11) is 0. The summed E-state index contributed by atoms with van der Waals surface area (Å²) in [6.07, 6.45) is 9.35. The molecule has 0 aromatic rings. The number of aliphatic hydroxyl groups is 1. The monoisotopic (exact) mass is 252 g/mol. The highest BCUT2D eigenvalue weighted by atomic mass is 16.3. The van der Waals surface area contributed by atoms with E-state index in [1.807, 2.05) is 0 Å². The largest absolute Gasteiger partial charge is 0.394 e. The topological polar surface area (TPSA) is 35.5 Å². The lowest BCUT2D eigenvalue weighted by Gasteiger charge is -2.47. The first kappa shape index (κ1) is 12.9. The van der Waals surface area contributed by atoms with Gasteiger partial charge >= 0.3 is 0 Å². The van der Waals surface area contributed by atoms with Crippen LogP contribution in [0.5, 0.6) is 0 Å².